The van der Waals surface area contributed by atoms with E-state index < -0.39 is 0 Å². The maximum absolute atomic E-state index is 13.0. The summed E-state index contributed by atoms with van der Waals surface area (Å²) in [4.78, 5) is 1.40. The molecule has 1 unspecified atom stereocenters. The van der Waals surface area contributed by atoms with E-state index in [4.69, 9.17) is 11.6 Å². The van der Waals surface area contributed by atoms with Crippen LogP contribution >= 0.6 is 11.6 Å². The van der Waals surface area contributed by atoms with E-state index in [0.717, 1.165) is 5.56 Å². The number of nitrogens with zero attached hydrogens (tertiary/aromatic N) is 4. The molecule has 2 rings (SSSR count). The van der Waals surface area contributed by atoms with Gasteiger partial charge in [-0.3, -0.25) is 0 Å². The van der Waals surface area contributed by atoms with Crippen molar-refractivity contribution in [1.82, 2.24) is 25.5 Å². The van der Waals surface area contributed by atoms with Gasteiger partial charge in [0.05, 0.1) is 7.05 Å². The van der Waals surface area contributed by atoms with E-state index in [1.54, 1.807) is 20.2 Å². The van der Waals surface area contributed by atoms with Crippen LogP contribution in [-0.4, -0.2) is 27.3 Å². The van der Waals surface area contributed by atoms with Crippen LogP contribution in [0.3, 0.4) is 0 Å². The van der Waals surface area contributed by atoms with E-state index in [2.05, 4.69) is 20.7 Å². The Morgan fingerprint density at radius 3 is 2.83 bits per heavy atom. The van der Waals surface area contributed by atoms with Gasteiger partial charge >= 0.3 is 0 Å². The highest BCUT2D eigenvalue weighted by molar-refractivity contribution is 6.31. The third-order valence-corrected chi connectivity index (χ3v) is 2.95. The molecular formula is C11H13ClFN5. The third-order valence-electron chi connectivity index (χ3n) is 2.62. The summed E-state index contributed by atoms with van der Waals surface area (Å²) in [7, 11) is 3.51. The number of likely N-dealkylation sites (N-methyl/N-ethyl adjacent to an activating group) is 1. The number of hydrogen-bond acceptors (Lipinski definition) is 4. The average molecular weight is 270 g/mol. The summed E-state index contributed by atoms with van der Waals surface area (Å²) in [5, 5.41) is 15.3. The second-order valence-corrected chi connectivity index (χ2v) is 4.31. The first-order valence-corrected chi connectivity index (χ1v) is 5.83. The molecule has 0 bridgehead atoms. The Labute approximate surface area is 109 Å². The lowest BCUT2D eigenvalue weighted by molar-refractivity contribution is 0.567. The molecule has 5 nitrogen and oxygen atoms in total. The number of rotatable bonds is 4. The number of hydrogen-bond donors (Lipinski definition) is 1. The first kappa shape index (κ1) is 12.9. The first-order valence-electron chi connectivity index (χ1n) is 5.45. The number of benzene rings is 1. The number of aryl methyl sites for hydroxylation is 1. The van der Waals surface area contributed by atoms with Gasteiger partial charge in [-0.1, -0.05) is 17.7 Å². The molecule has 0 radical (unpaired) electrons. The predicted molar refractivity (Wildman–Crippen MR) is 65.7 cm³/mol. The van der Waals surface area contributed by atoms with Gasteiger partial charge in [0.1, 0.15) is 5.82 Å². The predicted octanol–water partition coefficient (Wildman–Crippen LogP) is 1.51. The summed E-state index contributed by atoms with van der Waals surface area (Å²) in [5.74, 6) is 0.258. The van der Waals surface area contributed by atoms with Crippen molar-refractivity contribution in [3.05, 3.63) is 40.4 Å². The van der Waals surface area contributed by atoms with Crippen LogP contribution in [0.25, 0.3) is 0 Å². The fraction of sp³-hybridized carbons (Fsp3) is 0.364. The molecule has 1 heterocycles. The number of tetrazole rings is 1. The number of nitrogens with one attached hydrogen (secondary N) is 1. The highest BCUT2D eigenvalue weighted by atomic mass is 35.5. The summed E-state index contributed by atoms with van der Waals surface area (Å²) < 4.78 is 13.0. The van der Waals surface area contributed by atoms with Gasteiger partial charge in [-0.15, -0.1) is 10.2 Å². The van der Waals surface area contributed by atoms with Crippen molar-refractivity contribution in [1.29, 1.82) is 0 Å². The van der Waals surface area contributed by atoms with Crippen LogP contribution in [0.2, 0.25) is 5.02 Å². The summed E-state index contributed by atoms with van der Waals surface area (Å²) in [6.45, 7) is 0. The van der Waals surface area contributed by atoms with Crippen LogP contribution in [0.5, 0.6) is 0 Å². The lowest BCUT2D eigenvalue weighted by Gasteiger charge is -2.16. The second kappa shape index (κ2) is 5.41. The monoisotopic (exact) mass is 269 g/mol. The van der Waals surface area contributed by atoms with Crippen molar-refractivity contribution in [3.8, 4) is 0 Å². The molecule has 0 aliphatic heterocycles. The quantitative estimate of drug-likeness (QED) is 0.914. The zero-order chi connectivity index (χ0) is 13.1. The van der Waals surface area contributed by atoms with E-state index in [1.807, 2.05) is 0 Å². The summed E-state index contributed by atoms with van der Waals surface area (Å²) in [6.07, 6.45) is 0.537. The normalized spacial score (nSPS) is 12.7. The summed E-state index contributed by atoms with van der Waals surface area (Å²) in [5.41, 5.74) is 0.813. The minimum absolute atomic E-state index is 0.0812. The molecule has 96 valence electrons. The Morgan fingerprint density at radius 1 is 1.50 bits per heavy atom. The van der Waals surface area contributed by atoms with Gasteiger partial charge < -0.3 is 5.32 Å². The molecule has 0 aliphatic rings. The molecule has 0 saturated carbocycles. The summed E-state index contributed by atoms with van der Waals surface area (Å²) >= 11 is 6.03. The molecule has 18 heavy (non-hydrogen) atoms. The van der Waals surface area contributed by atoms with Crippen molar-refractivity contribution in [3.63, 3.8) is 0 Å². The smallest absolute Gasteiger partial charge is 0.176 e. The standard InChI is InChI=1S/C11H13ClFN5/c1-14-10(6-11-15-17-18(2)16-11)8-4-3-7(13)5-9(8)12/h3-5,10,14H,6H2,1-2H3. The van der Waals surface area contributed by atoms with Gasteiger partial charge in [-0.05, 0) is 30.0 Å². The lowest BCUT2D eigenvalue weighted by Crippen LogP contribution is -2.20. The van der Waals surface area contributed by atoms with E-state index >= 15 is 0 Å². The lowest BCUT2D eigenvalue weighted by atomic mass is 10.0. The molecule has 1 N–H and O–H groups in total. The number of aromatic nitrogens is 4. The third kappa shape index (κ3) is 2.83. The van der Waals surface area contributed by atoms with Crippen molar-refractivity contribution in [2.24, 2.45) is 7.05 Å². The fourth-order valence-electron chi connectivity index (χ4n) is 1.74. The van der Waals surface area contributed by atoms with E-state index in [-0.39, 0.29) is 11.9 Å². The van der Waals surface area contributed by atoms with E-state index in [1.165, 1.54) is 16.9 Å². The van der Waals surface area contributed by atoms with Gasteiger partial charge in [-0.2, -0.15) is 4.80 Å². The Balaban J connectivity index is 2.22. The summed E-state index contributed by atoms with van der Waals surface area (Å²) in [6, 6.07) is 4.26. The SMILES string of the molecule is CNC(Cc1nnn(C)n1)c1ccc(F)cc1Cl. The van der Waals surface area contributed by atoms with E-state index in [0.29, 0.717) is 17.3 Å². The fourth-order valence-corrected chi connectivity index (χ4v) is 2.04. The van der Waals surface area contributed by atoms with Gasteiger partial charge in [0.25, 0.3) is 0 Å². The van der Waals surface area contributed by atoms with Crippen molar-refractivity contribution >= 4 is 11.6 Å². The average Bonchev–Trinajstić information content (AvgIpc) is 2.72. The van der Waals surface area contributed by atoms with Gasteiger partial charge in [0.2, 0.25) is 0 Å². The molecule has 1 aromatic heterocycles. The van der Waals surface area contributed by atoms with Crippen LogP contribution in [0.1, 0.15) is 17.4 Å². The van der Waals surface area contributed by atoms with Crippen LogP contribution in [0.4, 0.5) is 4.39 Å². The van der Waals surface area contributed by atoms with Crippen LogP contribution in [0, 0.1) is 5.82 Å². The molecule has 7 heteroatoms. The molecule has 0 amide bonds. The highest BCUT2D eigenvalue weighted by Gasteiger charge is 2.16. The van der Waals surface area contributed by atoms with Gasteiger partial charge in [0, 0.05) is 17.5 Å². The Hall–Kier alpha value is -1.53. The van der Waals surface area contributed by atoms with Gasteiger partial charge in [-0.25, -0.2) is 4.39 Å². The Kier molecular flexibility index (Phi) is 3.88. The molecule has 0 saturated heterocycles. The zero-order valence-corrected chi connectivity index (χ0v) is 10.8. The molecular weight excluding hydrogens is 257 g/mol. The molecule has 0 spiro atoms. The van der Waals surface area contributed by atoms with Crippen LogP contribution in [-0.2, 0) is 13.5 Å². The van der Waals surface area contributed by atoms with E-state index in [9.17, 15) is 4.39 Å². The largest absolute Gasteiger partial charge is 0.313 e. The molecule has 2 aromatic rings. The molecule has 1 atom stereocenters. The van der Waals surface area contributed by atoms with Crippen molar-refractivity contribution < 1.29 is 4.39 Å². The van der Waals surface area contributed by atoms with Crippen molar-refractivity contribution in [2.45, 2.75) is 12.5 Å². The van der Waals surface area contributed by atoms with Crippen molar-refractivity contribution in [2.75, 3.05) is 7.05 Å². The van der Waals surface area contributed by atoms with Crippen LogP contribution in [0.15, 0.2) is 18.2 Å². The molecule has 0 aliphatic carbocycles. The Morgan fingerprint density at radius 2 is 2.28 bits per heavy atom. The number of halogens is 2. The topological polar surface area (TPSA) is 55.6 Å². The zero-order valence-electron chi connectivity index (χ0n) is 10.1. The minimum Gasteiger partial charge on any atom is -0.313 e. The maximum Gasteiger partial charge on any atom is 0.176 e. The molecule has 1 aromatic carbocycles. The van der Waals surface area contributed by atoms with Crippen LogP contribution < -0.4 is 5.32 Å². The minimum atomic E-state index is -0.351. The second-order valence-electron chi connectivity index (χ2n) is 3.91. The first-order chi connectivity index (χ1) is 8.60. The molecule has 0 fully saturated rings. The Bertz CT molecular complexity index is 542. The maximum atomic E-state index is 13.0. The van der Waals surface area contributed by atoms with Gasteiger partial charge in [0.15, 0.2) is 5.82 Å². The highest BCUT2D eigenvalue weighted by Crippen LogP contribution is 2.25.